The van der Waals surface area contributed by atoms with Crippen LogP contribution >= 0.6 is 0 Å². The van der Waals surface area contributed by atoms with E-state index in [0.29, 0.717) is 0 Å². The molecule has 0 amide bonds. The topological polar surface area (TPSA) is 63.3 Å². The van der Waals surface area contributed by atoms with Crippen LogP contribution in [0.3, 0.4) is 0 Å². The average molecular weight is 223 g/mol. The van der Waals surface area contributed by atoms with E-state index in [-0.39, 0.29) is 5.41 Å². The second kappa shape index (κ2) is 3.00. The standard InChI is InChI=1S/C13H21NO2/c1-12(14,11(15)16)13-5-8-2-9(6-13)4-10(3-8)7-13/h8-10H,2-7,14H2,1H3,(H,15,16). The van der Waals surface area contributed by atoms with Gasteiger partial charge in [0.25, 0.3) is 0 Å². The number of hydrogen-bond donors (Lipinski definition) is 2. The van der Waals surface area contributed by atoms with E-state index < -0.39 is 11.5 Å². The Kier molecular flexibility index (Phi) is 1.99. The van der Waals surface area contributed by atoms with Crippen LogP contribution in [0, 0.1) is 23.2 Å². The van der Waals surface area contributed by atoms with Crippen LogP contribution in [0.15, 0.2) is 0 Å². The van der Waals surface area contributed by atoms with Crippen LogP contribution in [-0.4, -0.2) is 16.6 Å². The normalized spacial score (nSPS) is 49.0. The van der Waals surface area contributed by atoms with Gasteiger partial charge in [-0.1, -0.05) is 0 Å². The molecule has 0 heterocycles. The van der Waals surface area contributed by atoms with Crippen molar-refractivity contribution < 1.29 is 9.90 Å². The Morgan fingerprint density at radius 3 is 1.88 bits per heavy atom. The van der Waals surface area contributed by atoms with Gasteiger partial charge in [-0.3, -0.25) is 4.79 Å². The van der Waals surface area contributed by atoms with Crippen LogP contribution in [0.4, 0.5) is 0 Å². The monoisotopic (exact) mass is 223 g/mol. The van der Waals surface area contributed by atoms with E-state index in [1.807, 2.05) is 0 Å². The highest BCUT2D eigenvalue weighted by Gasteiger charge is 2.60. The highest BCUT2D eigenvalue weighted by atomic mass is 16.4. The van der Waals surface area contributed by atoms with E-state index >= 15 is 0 Å². The molecule has 4 aliphatic carbocycles. The molecule has 3 N–H and O–H groups in total. The Labute approximate surface area is 96.4 Å². The summed E-state index contributed by atoms with van der Waals surface area (Å²) in [6, 6.07) is 0. The summed E-state index contributed by atoms with van der Waals surface area (Å²) in [5.74, 6) is 1.46. The molecule has 3 heteroatoms. The van der Waals surface area contributed by atoms with Crippen LogP contribution in [0.5, 0.6) is 0 Å². The van der Waals surface area contributed by atoms with Crippen molar-refractivity contribution >= 4 is 5.97 Å². The lowest BCUT2D eigenvalue weighted by molar-refractivity contribution is -0.160. The highest BCUT2D eigenvalue weighted by molar-refractivity contribution is 5.79. The summed E-state index contributed by atoms with van der Waals surface area (Å²) in [5, 5.41) is 9.38. The van der Waals surface area contributed by atoms with Gasteiger partial charge in [0.2, 0.25) is 0 Å². The van der Waals surface area contributed by atoms with Gasteiger partial charge in [-0.05, 0) is 68.6 Å². The zero-order valence-corrected chi connectivity index (χ0v) is 9.91. The van der Waals surface area contributed by atoms with Crippen molar-refractivity contribution in [1.29, 1.82) is 0 Å². The molecule has 1 atom stereocenters. The largest absolute Gasteiger partial charge is 0.480 e. The summed E-state index contributed by atoms with van der Waals surface area (Å²) in [4.78, 5) is 11.4. The Balaban J connectivity index is 1.97. The Morgan fingerprint density at radius 1 is 1.19 bits per heavy atom. The number of aliphatic carboxylic acids is 1. The molecule has 0 aromatic carbocycles. The van der Waals surface area contributed by atoms with Crippen molar-refractivity contribution in [2.45, 2.75) is 51.0 Å². The molecule has 0 radical (unpaired) electrons. The van der Waals surface area contributed by atoms with E-state index in [2.05, 4.69) is 0 Å². The van der Waals surface area contributed by atoms with Crippen molar-refractivity contribution in [2.75, 3.05) is 0 Å². The van der Waals surface area contributed by atoms with Gasteiger partial charge < -0.3 is 10.8 Å². The number of carboxylic acids is 1. The van der Waals surface area contributed by atoms with Gasteiger partial charge >= 0.3 is 5.97 Å². The molecule has 0 aromatic rings. The molecule has 4 aliphatic rings. The Bertz CT molecular complexity index is 300. The predicted octanol–water partition coefficient (Wildman–Crippen LogP) is 2.00. The number of nitrogens with two attached hydrogens (primary N) is 1. The SMILES string of the molecule is CC(N)(C(=O)O)C12CC3CC(CC(C3)C1)C2. The summed E-state index contributed by atoms with van der Waals surface area (Å²) in [6.45, 7) is 1.74. The quantitative estimate of drug-likeness (QED) is 0.752. The van der Waals surface area contributed by atoms with Crippen molar-refractivity contribution in [2.24, 2.45) is 28.9 Å². The molecule has 90 valence electrons. The maximum absolute atomic E-state index is 11.4. The van der Waals surface area contributed by atoms with E-state index in [1.54, 1.807) is 6.92 Å². The number of rotatable bonds is 2. The molecular weight excluding hydrogens is 202 g/mol. The number of carbonyl (C=O) groups is 1. The molecule has 4 saturated carbocycles. The molecule has 3 nitrogen and oxygen atoms in total. The molecule has 1 unspecified atom stereocenters. The van der Waals surface area contributed by atoms with E-state index in [1.165, 1.54) is 19.3 Å². The summed E-state index contributed by atoms with van der Waals surface area (Å²) in [5.41, 5.74) is 5.03. The lowest BCUT2D eigenvalue weighted by Gasteiger charge is -2.60. The molecule has 4 fully saturated rings. The van der Waals surface area contributed by atoms with Crippen molar-refractivity contribution in [3.63, 3.8) is 0 Å². The highest BCUT2D eigenvalue weighted by Crippen LogP contribution is 2.63. The van der Waals surface area contributed by atoms with Crippen molar-refractivity contribution in [1.82, 2.24) is 0 Å². The van der Waals surface area contributed by atoms with Gasteiger partial charge in [0, 0.05) is 0 Å². The van der Waals surface area contributed by atoms with Crippen LogP contribution in [-0.2, 0) is 4.79 Å². The minimum atomic E-state index is -1.02. The smallest absolute Gasteiger partial charge is 0.323 e. The maximum Gasteiger partial charge on any atom is 0.323 e. The molecule has 0 aromatic heterocycles. The van der Waals surface area contributed by atoms with Gasteiger partial charge in [-0.15, -0.1) is 0 Å². The molecule has 0 aliphatic heterocycles. The van der Waals surface area contributed by atoms with Crippen LogP contribution < -0.4 is 5.73 Å². The maximum atomic E-state index is 11.4. The minimum absolute atomic E-state index is 0.104. The summed E-state index contributed by atoms with van der Waals surface area (Å²) < 4.78 is 0. The molecule has 0 spiro atoms. The lowest BCUT2D eigenvalue weighted by Crippen LogP contribution is -2.64. The van der Waals surface area contributed by atoms with Gasteiger partial charge in [-0.25, -0.2) is 0 Å². The third-order valence-corrected chi connectivity index (χ3v) is 5.58. The zero-order chi connectivity index (χ0) is 11.6. The van der Waals surface area contributed by atoms with E-state index in [9.17, 15) is 9.90 Å². The second-order valence-electron chi connectivity index (χ2n) is 6.71. The number of carboxylic acid groups (broad SMARTS) is 1. The summed E-state index contributed by atoms with van der Waals surface area (Å²) in [6.07, 6.45) is 7.15. The zero-order valence-electron chi connectivity index (χ0n) is 9.91. The number of hydrogen-bond acceptors (Lipinski definition) is 2. The summed E-state index contributed by atoms with van der Waals surface area (Å²) in [7, 11) is 0. The molecule has 16 heavy (non-hydrogen) atoms. The van der Waals surface area contributed by atoms with Gasteiger partial charge in [0.05, 0.1) is 0 Å². The third kappa shape index (κ3) is 1.21. The lowest BCUT2D eigenvalue weighted by atomic mass is 9.45. The first-order chi connectivity index (χ1) is 7.43. The first-order valence-corrected chi connectivity index (χ1v) is 6.45. The fraction of sp³-hybridized carbons (Fsp3) is 0.923. The molecular formula is C13H21NO2. The van der Waals surface area contributed by atoms with Gasteiger partial charge in [-0.2, -0.15) is 0 Å². The molecule has 4 bridgehead atoms. The minimum Gasteiger partial charge on any atom is -0.480 e. The second-order valence-corrected chi connectivity index (χ2v) is 6.71. The fourth-order valence-electron chi connectivity index (χ4n) is 4.97. The van der Waals surface area contributed by atoms with Gasteiger partial charge in [0.15, 0.2) is 0 Å². The van der Waals surface area contributed by atoms with Crippen LogP contribution in [0.25, 0.3) is 0 Å². The fourth-order valence-corrected chi connectivity index (χ4v) is 4.97. The van der Waals surface area contributed by atoms with Gasteiger partial charge in [0.1, 0.15) is 5.54 Å². The van der Waals surface area contributed by atoms with E-state index in [4.69, 9.17) is 5.73 Å². The van der Waals surface area contributed by atoms with Crippen LogP contribution in [0.1, 0.15) is 45.4 Å². The first kappa shape index (κ1) is 10.6. The van der Waals surface area contributed by atoms with Crippen LogP contribution in [0.2, 0.25) is 0 Å². The molecule has 4 rings (SSSR count). The summed E-state index contributed by atoms with van der Waals surface area (Å²) >= 11 is 0. The van der Waals surface area contributed by atoms with E-state index in [0.717, 1.165) is 37.0 Å². The average Bonchev–Trinajstić information content (AvgIpc) is 2.14. The Hall–Kier alpha value is -0.570. The third-order valence-electron chi connectivity index (χ3n) is 5.58. The predicted molar refractivity (Wildman–Crippen MR) is 60.8 cm³/mol. The Morgan fingerprint density at radius 2 is 1.56 bits per heavy atom. The van der Waals surface area contributed by atoms with Crippen molar-refractivity contribution in [3.8, 4) is 0 Å². The van der Waals surface area contributed by atoms with Crippen molar-refractivity contribution in [3.05, 3.63) is 0 Å². The molecule has 0 saturated heterocycles. The first-order valence-electron chi connectivity index (χ1n) is 6.45.